The molecule has 0 spiro atoms. The molecule has 2 aromatic carbocycles. The number of nitrogens with one attached hydrogen (secondary N) is 3. The van der Waals surface area contributed by atoms with E-state index < -0.39 is 0 Å². The molecule has 3 N–H and O–H groups in total. The van der Waals surface area contributed by atoms with E-state index in [0.29, 0.717) is 42.4 Å². The second-order valence-electron chi connectivity index (χ2n) is 7.84. The van der Waals surface area contributed by atoms with Gasteiger partial charge in [-0.1, -0.05) is 37.5 Å². The van der Waals surface area contributed by atoms with Gasteiger partial charge < -0.3 is 20.1 Å². The number of carbonyl (C=O) groups excluding carboxylic acids is 2. The van der Waals surface area contributed by atoms with Crippen LogP contribution in [0.1, 0.15) is 59.7 Å². The van der Waals surface area contributed by atoms with Crippen LogP contribution in [0.15, 0.2) is 48.5 Å². The zero-order valence-electron chi connectivity index (χ0n) is 18.9. The van der Waals surface area contributed by atoms with Crippen molar-refractivity contribution < 1.29 is 19.1 Å². The van der Waals surface area contributed by atoms with Gasteiger partial charge in [0, 0.05) is 23.9 Å². The van der Waals surface area contributed by atoms with E-state index in [1.54, 1.807) is 48.5 Å². The lowest BCUT2D eigenvalue weighted by Crippen LogP contribution is -2.36. The molecule has 0 atom stereocenters. The molecule has 8 heteroatoms. The average molecular weight is 470 g/mol. The average Bonchev–Trinajstić information content (AvgIpc) is 2.83. The molecule has 0 saturated heterocycles. The Balaban J connectivity index is 1.56. The van der Waals surface area contributed by atoms with Crippen molar-refractivity contribution in [2.75, 3.05) is 25.1 Å². The maximum atomic E-state index is 12.7. The molecule has 0 aliphatic heterocycles. The molecule has 7 nitrogen and oxygen atoms in total. The van der Waals surface area contributed by atoms with Gasteiger partial charge in [0.1, 0.15) is 12.4 Å². The minimum atomic E-state index is -0.384. The first kappa shape index (κ1) is 24.7. The Kier molecular flexibility index (Phi) is 9.65. The minimum Gasteiger partial charge on any atom is -0.490 e. The third-order valence-corrected chi connectivity index (χ3v) is 5.58. The van der Waals surface area contributed by atoms with Crippen molar-refractivity contribution in [2.24, 2.45) is 0 Å². The highest BCUT2D eigenvalue weighted by Gasteiger charge is 2.17. The number of thiocarbonyl (C=S) groups is 1. The van der Waals surface area contributed by atoms with E-state index in [0.717, 1.165) is 25.7 Å². The molecule has 1 aliphatic carbocycles. The first-order chi connectivity index (χ1) is 16.1. The molecule has 176 valence electrons. The van der Waals surface area contributed by atoms with Gasteiger partial charge in [0.05, 0.1) is 12.2 Å². The minimum absolute atomic E-state index is 0.0985. The normalized spacial score (nSPS) is 13.7. The SMILES string of the molecule is CCOCCOc1ccccc1C(=O)NC(=S)Nc1cccc(C(=O)NC2CCCCC2)c1. The fourth-order valence-electron chi connectivity index (χ4n) is 3.72. The number of amides is 2. The molecule has 2 amide bonds. The fraction of sp³-hybridized carbons (Fsp3) is 0.400. The summed E-state index contributed by atoms with van der Waals surface area (Å²) < 4.78 is 10.9. The van der Waals surface area contributed by atoms with Crippen LogP contribution in [0.3, 0.4) is 0 Å². The predicted molar refractivity (Wildman–Crippen MR) is 133 cm³/mol. The number of carbonyl (C=O) groups is 2. The van der Waals surface area contributed by atoms with Crippen molar-refractivity contribution in [1.29, 1.82) is 0 Å². The highest BCUT2D eigenvalue weighted by atomic mass is 32.1. The van der Waals surface area contributed by atoms with Gasteiger partial charge in [0.15, 0.2) is 5.11 Å². The Bertz CT molecular complexity index is 960. The largest absolute Gasteiger partial charge is 0.490 e. The van der Waals surface area contributed by atoms with E-state index in [1.165, 1.54) is 6.42 Å². The number of anilines is 1. The van der Waals surface area contributed by atoms with Crippen LogP contribution in [0, 0.1) is 0 Å². The fourth-order valence-corrected chi connectivity index (χ4v) is 3.93. The van der Waals surface area contributed by atoms with Gasteiger partial charge in [-0.05, 0) is 62.3 Å². The molecule has 2 aromatic rings. The number of hydrogen-bond acceptors (Lipinski definition) is 5. The number of benzene rings is 2. The monoisotopic (exact) mass is 469 g/mol. The topological polar surface area (TPSA) is 88.7 Å². The summed E-state index contributed by atoms with van der Waals surface area (Å²) in [7, 11) is 0. The van der Waals surface area contributed by atoms with Crippen molar-refractivity contribution in [3.05, 3.63) is 59.7 Å². The van der Waals surface area contributed by atoms with Crippen LogP contribution in [0.2, 0.25) is 0 Å². The molecule has 3 rings (SSSR count). The molecular weight excluding hydrogens is 438 g/mol. The molecule has 1 aliphatic rings. The maximum Gasteiger partial charge on any atom is 0.261 e. The van der Waals surface area contributed by atoms with Crippen LogP contribution < -0.4 is 20.7 Å². The maximum absolute atomic E-state index is 12.7. The second kappa shape index (κ2) is 12.9. The third-order valence-electron chi connectivity index (χ3n) is 5.37. The van der Waals surface area contributed by atoms with Gasteiger partial charge >= 0.3 is 0 Å². The molecular formula is C25H31N3O4S. The van der Waals surface area contributed by atoms with E-state index in [1.807, 2.05) is 6.92 Å². The summed E-state index contributed by atoms with van der Waals surface area (Å²) in [4.78, 5) is 25.4. The standard InChI is InChI=1S/C25H31N3O4S/c1-2-31-15-16-32-22-14-7-6-13-21(22)24(30)28-25(33)27-20-12-8-9-18(17-20)23(29)26-19-10-4-3-5-11-19/h6-9,12-14,17,19H,2-5,10-11,15-16H2,1H3,(H,26,29)(H2,27,28,30,33). The lowest BCUT2D eigenvalue weighted by Gasteiger charge is -2.22. The van der Waals surface area contributed by atoms with E-state index in [2.05, 4.69) is 16.0 Å². The number of hydrogen-bond donors (Lipinski definition) is 3. The van der Waals surface area contributed by atoms with E-state index in [-0.39, 0.29) is 23.0 Å². The molecule has 0 unspecified atom stereocenters. The zero-order valence-corrected chi connectivity index (χ0v) is 19.7. The Labute approximate surface area is 200 Å². The predicted octanol–water partition coefficient (Wildman–Crippen LogP) is 4.29. The quantitative estimate of drug-likeness (QED) is 0.375. The molecule has 0 aromatic heterocycles. The molecule has 0 heterocycles. The van der Waals surface area contributed by atoms with E-state index in [4.69, 9.17) is 21.7 Å². The third kappa shape index (κ3) is 7.83. The second-order valence-corrected chi connectivity index (χ2v) is 8.25. The smallest absolute Gasteiger partial charge is 0.261 e. The van der Waals surface area contributed by atoms with Crippen LogP contribution in [0.4, 0.5) is 5.69 Å². The van der Waals surface area contributed by atoms with Gasteiger partial charge in [-0.15, -0.1) is 0 Å². The van der Waals surface area contributed by atoms with Crippen molar-refractivity contribution in [2.45, 2.75) is 45.1 Å². The number of rotatable bonds is 9. The first-order valence-electron chi connectivity index (χ1n) is 11.4. The first-order valence-corrected chi connectivity index (χ1v) is 11.8. The summed E-state index contributed by atoms with van der Waals surface area (Å²) in [5, 5.41) is 8.89. The Hall–Kier alpha value is -2.97. The van der Waals surface area contributed by atoms with Crippen molar-refractivity contribution >= 4 is 34.8 Å². The van der Waals surface area contributed by atoms with Crippen LogP contribution in [0.25, 0.3) is 0 Å². The summed E-state index contributed by atoms with van der Waals surface area (Å²) >= 11 is 5.31. The van der Waals surface area contributed by atoms with Crippen molar-refractivity contribution in [1.82, 2.24) is 10.6 Å². The van der Waals surface area contributed by atoms with Crippen molar-refractivity contribution in [3.63, 3.8) is 0 Å². The van der Waals surface area contributed by atoms with E-state index >= 15 is 0 Å². The highest BCUT2D eigenvalue weighted by molar-refractivity contribution is 7.80. The van der Waals surface area contributed by atoms with Gasteiger partial charge in [0.2, 0.25) is 0 Å². The van der Waals surface area contributed by atoms with Gasteiger partial charge in [-0.2, -0.15) is 0 Å². The molecule has 1 saturated carbocycles. The van der Waals surface area contributed by atoms with Crippen molar-refractivity contribution in [3.8, 4) is 5.75 Å². The molecule has 33 heavy (non-hydrogen) atoms. The number of ether oxygens (including phenoxy) is 2. The lowest BCUT2D eigenvalue weighted by atomic mass is 9.95. The van der Waals surface area contributed by atoms with Gasteiger partial charge in [0.25, 0.3) is 11.8 Å². The Morgan fingerprint density at radius 3 is 2.58 bits per heavy atom. The van der Waals surface area contributed by atoms with Crippen LogP contribution in [0.5, 0.6) is 5.75 Å². The Morgan fingerprint density at radius 2 is 1.79 bits per heavy atom. The van der Waals surface area contributed by atoms with Crippen LogP contribution in [-0.4, -0.2) is 42.8 Å². The summed E-state index contributed by atoms with van der Waals surface area (Å²) in [6, 6.07) is 14.3. The summed E-state index contributed by atoms with van der Waals surface area (Å²) in [6.45, 7) is 3.30. The molecule has 0 bridgehead atoms. The summed E-state index contributed by atoms with van der Waals surface area (Å²) in [6.07, 6.45) is 5.59. The van der Waals surface area contributed by atoms with Gasteiger partial charge in [-0.25, -0.2) is 0 Å². The summed E-state index contributed by atoms with van der Waals surface area (Å²) in [5.74, 6) is -0.0248. The molecule has 1 fully saturated rings. The van der Waals surface area contributed by atoms with Crippen LogP contribution >= 0.6 is 12.2 Å². The highest BCUT2D eigenvalue weighted by Crippen LogP contribution is 2.19. The van der Waals surface area contributed by atoms with Gasteiger partial charge in [-0.3, -0.25) is 14.9 Å². The lowest BCUT2D eigenvalue weighted by molar-refractivity contribution is 0.0925. The summed E-state index contributed by atoms with van der Waals surface area (Å²) in [5.41, 5.74) is 1.55. The number of para-hydroxylation sites is 1. The van der Waals surface area contributed by atoms with Crippen LogP contribution in [-0.2, 0) is 4.74 Å². The molecule has 0 radical (unpaired) electrons. The Morgan fingerprint density at radius 1 is 1.00 bits per heavy atom. The van der Waals surface area contributed by atoms with E-state index in [9.17, 15) is 9.59 Å². The zero-order chi connectivity index (χ0) is 23.5.